The zero-order chi connectivity index (χ0) is 17.9. The lowest BCUT2D eigenvalue weighted by Gasteiger charge is -2.04. The zero-order valence-electron chi connectivity index (χ0n) is 13.3. The smallest absolute Gasteiger partial charge is 0.277 e. The van der Waals surface area contributed by atoms with Gasteiger partial charge >= 0.3 is 0 Å². The van der Waals surface area contributed by atoms with Crippen LogP contribution in [0.25, 0.3) is 16.3 Å². The molecular weight excluding hydrogens is 414 g/mol. The molecule has 4 rings (SSSR count). The van der Waals surface area contributed by atoms with E-state index in [1.54, 1.807) is 28.4 Å². The molecule has 0 atom stereocenters. The first-order chi connectivity index (χ1) is 12.7. The van der Waals surface area contributed by atoms with Gasteiger partial charge in [0.2, 0.25) is 0 Å². The molecule has 0 fully saturated rings. The molecule has 1 amide bonds. The van der Waals surface area contributed by atoms with E-state index in [4.69, 9.17) is 0 Å². The molecule has 0 aliphatic heterocycles. The number of thiazole rings is 1. The highest BCUT2D eigenvalue weighted by atomic mass is 79.9. The summed E-state index contributed by atoms with van der Waals surface area (Å²) < 4.78 is 2.49. The van der Waals surface area contributed by atoms with Crippen LogP contribution in [-0.2, 0) is 0 Å². The predicted octanol–water partition coefficient (Wildman–Crippen LogP) is 4.41. The Morgan fingerprint density at radius 3 is 2.73 bits per heavy atom. The van der Waals surface area contributed by atoms with E-state index < -0.39 is 0 Å². The molecule has 0 spiro atoms. The Balaban J connectivity index is 1.48. The van der Waals surface area contributed by atoms with Gasteiger partial charge in [0.05, 0.1) is 11.9 Å². The highest BCUT2D eigenvalue weighted by Crippen LogP contribution is 2.23. The monoisotopic (exact) mass is 425 g/mol. The maximum Gasteiger partial charge on any atom is 0.277 e. The third-order valence-corrected chi connectivity index (χ3v) is 4.94. The third kappa shape index (κ3) is 3.56. The van der Waals surface area contributed by atoms with E-state index in [1.807, 2.05) is 53.9 Å². The molecule has 0 radical (unpaired) electrons. The van der Waals surface area contributed by atoms with E-state index in [2.05, 4.69) is 36.5 Å². The average Bonchev–Trinajstić information content (AvgIpc) is 3.35. The van der Waals surface area contributed by atoms with Crippen LogP contribution in [0.5, 0.6) is 0 Å². The molecule has 8 heteroatoms. The second kappa shape index (κ2) is 7.19. The molecule has 0 saturated heterocycles. The number of nitrogens with one attached hydrogen (secondary N) is 1. The highest BCUT2D eigenvalue weighted by molar-refractivity contribution is 9.10. The minimum Gasteiger partial charge on any atom is -0.321 e. The highest BCUT2D eigenvalue weighted by Gasteiger charge is 2.12. The quantitative estimate of drug-likeness (QED) is 0.525. The van der Waals surface area contributed by atoms with Gasteiger partial charge in [0.1, 0.15) is 5.01 Å². The fourth-order valence-electron chi connectivity index (χ4n) is 2.37. The minimum absolute atomic E-state index is 0.244. The van der Waals surface area contributed by atoms with Crippen LogP contribution in [-0.4, -0.2) is 25.9 Å². The van der Waals surface area contributed by atoms with Gasteiger partial charge in [-0.25, -0.2) is 9.67 Å². The van der Waals surface area contributed by atoms with Crippen molar-refractivity contribution >= 4 is 38.9 Å². The van der Waals surface area contributed by atoms with Gasteiger partial charge < -0.3 is 5.32 Å². The number of hydrogen-bond acceptors (Lipinski definition) is 5. The fraction of sp³-hybridized carbons (Fsp3) is 0. The molecule has 0 aliphatic carbocycles. The first-order valence-electron chi connectivity index (χ1n) is 7.68. The SMILES string of the molecule is O=C(Nc1ccc(-c2nccs2)cc1)c1cn(-c2cccc(Br)c2)nn1. The van der Waals surface area contributed by atoms with Crippen molar-refractivity contribution in [1.82, 2.24) is 20.0 Å². The number of amides is 1. The van der Waals surface area contributed by atoms with Crippen molar-refractivity contribution in [2.45, 2.75) is 0 Å². The number of hydrogen-bond donors (Lipinski definition) is 1. The summed E-state index contributed by atoms with van der Waals surface area (Å²) in [6.07, 6.45) is 3.37. The van der Waals surface area contributed by atoms with Crippen LogP contribution in [0.15, 0.2) is 70.8 Å². The summed E-state index contributed by atoms with van der Waals surface area (Å²) in [5, 5.41) is 13.7. The number of carbonyl (C=O) groups excluding carboxylic acids is 1. The van der Waals surface area contributed by atoms with Crippen molar-refractivity contribution in [2.24, 2.45) is 0 Å². The lowest BCUT2D eigenvalue weighted by Crippen LogP contribution is -2.12. The van der Waals surface area contributed by atoms with Gasteiger partial charge in [-0.2, -0.15) is 0 Å². The Labute approximate surface area is 161 Å². The minimum atomic E-state index is -0.312. The molecule has 0 aliphatic rings. The normalized spacial score (nSPS) is 10.7. The number of rotatable bonds is 4. The molecule has 26 heavy (non-hydrogen) atoms. The van der Waals surface area contributed by atoms with E-state index >= 15 is 0 Å². The number of halogens is 1. The molecule has 0 unspecified atom stereocenters. The van der Waals surface area contributed by atoms with Crippen LogP contribution in [0, 0.1) is 0 Å². The van der Waals surface area contributed by atoms with Gasteiger partial charge in [-0.15, -0.1) is 16.4 Å². The summed E-state index contributed by atoms with van der Waals surface area (Å²) in [7, 11) is 0. The van der Waals surface area contributed by atoms with Crippen molar-refractivity contribution in [1.29, 1.82) is 0 Å². The zero-order valence-corrected chi connectivity index (χ0v) is 15.7. The maximum absolute atomic E-state index is 12.4. The molecule has 2 aromatic heterocycles. The van der Waals surface area contributed by atoms with Crippen LogP contribution in [0.4, 0.5) is 5.69 Å². The van der Waals surface area contributed by atoms with Gasteiger partial charge in [-0.3, -0.25) is 4.79 Å². The molecule has 2 aromatic carbocycles. The van der Waals surface area contributed by atoms with Crippen molar-refractivity contribution in [3.05, 3.63) is 76.5 Å². The maximum atomic E-state index is 12.4. The van der Waals surface area contributed by atoms with Crippen LogP contribution in [0.3, 0.4) is 0 Å². The second-order valence-electron chi connectivity index (χ2n) is 5.40. The summed E-state index contributed by atoms with van der Waals surface area (Å²) in [6.45, 7) is 0. The Morgan fingerprint density at radius 1 is 1.15 bits per heavy atom. The van der Waals surface area contributed by atoms with E-state index in [-0.39, 0.29) is 11.6 Å². The topological polar surface area (TPSA) is 72.7 Å². The molecule has 0 saturated carbocycles. The van der Waals surface area contributed by atoms with E-state index in [0.29, 0.717) is 5.69 Å². The summed E-state index contributed by atoms with van der Waals surface area (Å²) in [4.78, 5) is 16.7. The van der Waals surface area contributed by atoms with E-state index in [9.17, 15) is 4.79 Å². The second-order valence-corrected chi connectivity index (χ2v) is 7.21. The van der Waals surface area contributed by atoms with E-state index in [0.717, 1.165) is 20.7 Å². The van der Waals surface area contributed by atoms with Gasteiger partial charge in [0.15, 0.2) is 5.69 Å². The number of carbonyl (C=O) groups is 1. The van der Waals surface area contributed by atoms with Gasteiger partial charge in [0, 0.05) is 27.3 Å². The number of benzene rings is 2. The van der Waals surface area contributed by atoms with Gasteiger partial charge in [-0.05, 0) is 42.5 Å². The summed E-state index contributed by atoms with van der Waals surface area (Å²) >= 11 is 4.99. The number of nitrogens with zero attached hydrogens (tertiary/aromatic N) is 4. The molecule has 128 valence electrons. The van der Waals surface area contributed by atoms with Crippen molar-refractivity contribution in [3.8, 4) is 16.3 Å². The van der Waals surface area contributed by atoms with Crippen molar-refractivity contribution < 1.29 is 4.79 Å². The average molecular weight is 426 g/mol. The summed E-state index contributed by atoms with van der Waals surface area (Å²) in [6, 6.07) is 15.1. The summed E-state index contributed by atoms with van der Waals surface area (Å²) in [5.74, 6) is -0.312. The van der Waals surface area contributed by atoms with Crippen molar-refractivity contribution in [2.75, 3.05) is 5.32 Å². The van der Waals surface area contributed by atoms with Gasteiger partial charge in [-0.1, -0.05) is 27.2 Å². The standard InChI is InChI=1S/C18H12BrN5OS/c19-13-2-1-3-15(10-13)24-11-16(22-23-24)17(25)21-14-6-4-12(5-7-14)18-20-8-9-26-18/h1-11H,(H,21,25). The lowest BCUT2D eigenvalue weighted by atomic mass is 10.2. The third-order valence-electron chi connectivity index (χ3n) is 3.62. The fourth-order valence-corrected chi connectivity index (χ4v) is 3.40. The Morgan fingerprint density at radius 2 is 2.00 bits per heavy atom. The molecule has 6 nitrogen and oxygen atoms in total. The molecule has 2 heterocycles. The van der Waals surface area contributed by atoms with Crippen LogP contribution >= 0.6 is 27.3 Å². The molecule has 0 bridgehead atoms. The number of aromatic nitrogens is 4. The van der Waals surface area contributed by atoms with Gasteiger partial charge in [0.25, 0.3) is 5.91 Å². The molecule has 1 N–H and O–H groups in total. The number of anilines is 1. The Kier molecular flexibility index (Phi) is 4.59. The molecule has 4 aromatic rings. The first kappa shape index (κ1) is 16.6. The Hall–Kier alpha value is -2.84. The van der Waals surface area contributed by atoms with Crippen LogP contribution in [0.1, 0.15) is 10.5 Å². The first-order valence-corrected chi connectivity index (χ1v) is 9.36. The van der Waals surface area contributed by atoms with Crippen LogP contribution in [0.2, 0.25) is 0 Å². The largest absolute Gasteiger partial charge is 0.321 e. The van der Waals surface area contributed by atoms with E-state index in [1.165, 1.54) is 0 Å². The Bertz CT molecular complexity index is 1040. The van der Waals surface area contributed by atoms with Crippen molar-refractivity contribution in [3.63, 3.8) is 0 Å². The lowest BCUT2D eigenvalue weighted by molar-refractivity contribution is 0.102. The molecular formula is C18H12BrN5OS. The predicted molar refractivity (Wildman–Crippen MR) is 105 cm³/mol. The van der Waals surface area contributed by atoms with Crippen LogP contribution < -0.4 is 5.32 Å². The summed E-state index contributed by atoms with van der Waals surface area (Å²) in [5.41, 5.74) is 2.76.